The first-order chi connectivity index (χ1) is 8.23. The molecule has 0 saturated heterocycles. The smallest absolute Gasteiger partial charge is 0.314 e. The highest BCUT2D eigenvalue weighted by atomic mass is 16.5. The predicted molar refractivity (Wildman–Crippen MR) is 71.2 cm³/mol. The van der Waals surface area contributed by atoms with Crippen molar-refractivity contribution < 1.29 is 14.6 Å². The molecule has 0 heterocycles. The molecule has 100 valence electrons. The number of rotatable bonds is 4. The van der Waals surface area contributed by atoms with Crippen molar-refractivity contribution in [2.45, 2.75) is 40.2 Å². The average molecular weight is 250 g/mol. The Morgan fingerprint density at radius 2 is 1.72 bits per heavy atom. The fraction of sp³-hybridized carbons (Fsp3) is 0.533. The summed E-state index contributed by atoms with van der Waals surface area (Å²) in [5, 5.41) is 10.7. The molecule has 0 aliphatic heterocycles. The van der Waals surface area contributed by atoms with Crippen LogP contribution < -0.4 is 0 Å². The molecular weight excluding hydrogens is 228 g/mol. The molecule has 1 aromatic carbocycles. The van der Waals surface area contributed by atoms with Crippen LogP contribution in [0.5, 0.6) is 0 Å². The van der Waals surface area contributed by atoms with E-state index in [9.17, 15) is 9.90 Å². The van der Waals surface area contributed by atoms with Gasteiger partial charge in [-0.3, -0.25) is 4.79 Å². The van der Waals surface area contributed by atoms with Crippen molar-refractivity contribution in [2.75, 3.05) is 6.61 Å². The molecule has 1 unspecified atom stereocenters. The Kier molecular flexibility index (Phi) is 4.17. The van der Waals surface area contributed by atoms with Gasteiger partial charge in [-0.1, -0.05) is 29.8 Å². The van der Waals surface area contributed by atoms with Crippen molar-refractivity contribution in [1.82, 2.24) is 0 Å². The molecule has 0 bridgehead atoms. The van der Waals surface area contributed by atoms with E-state index in [1.54, 1.807) is 27.7 Å². The van der Waals surface area contributed by atoms with Gasteiger partial charge < -0.3 is 9.84 Å². The minimum atomic E-state index is -1.27. The van der Waals surface area contributed by atoms with Crippen LogP contribution in [0.4, 0.5) is 0 Å². The largest absolute Gasteiger partial charge is 0.465 e. The Hall–Kier alpha value is -1.35. The summed E-state index contributed by atoms with van der Waals surface area (Å²) in [7, 11) is 0. The van der Waals surface area contributed by atoms with E-state index < -0.39 is 17.0 Å². The van der Waals surface area contributed by atoms with Gasteiger partial charge in [-0.25, -0.2) is 0 Å². The van der Waals surface area contributed by atoms with E-state index >= 15 is 0 Å². The average Bonchev–Trinajstić information content (AvgIpc) is 2.29. The second-order valence-corrected chi connectivity index (χ2v) is 5.28. The van der Waals surface area contributed by atoms with Crippen molar-refractivity contribution in [3.05, 3.63) is 35.4 Å². The van der Waals surface area contributed by atoms with Crippen LogP contribution in [0.2, 0.25) is 0 Å². The van der Waals surface area contributed by atoms with Crippen molar-refractivity contribution in [3.63, 3.8) is 0 Å². The molecule has 1 atom stereocenters. The first-order valence-corrected chi connectivity index (χ1v) is 6.20. The van der Waals surface area contributed by atoms with Crippen molar-refractivity contribution in [3.8, 4) is 0 Å². The van der Waals surface area contributed by atoms with E-state index in [0.29, 0.717) is 12.2 Å². The molecule has 18 heavy (non-hydrogen) atoms. The summed E-state index contributed by atoms with van der Waals surface area (Å²) in [5.74, 6) is -0.393. The molecule has 0 saturated carbocycles. The molecule has 3 heteroatoms. The van der Waals surface area contributed by atoms with E-state index in [-0.39, 0.29) is 0 Å². The maximum Gasteiger partial charge on any atom is 0.314 e. The fourth-order valence-electron chi connectivity index (χ4n) is 1.75. The molecule has 3 nitrogen and oxygen atoms in total. The minimum absolute atomic E-state index is 0.312. The molecule has 1 rings (SSSR count). The van der Waals surface area contributed by atoms with Gasteiger partial charge in [-0.2, -0.15) is 0 Å². The van der Waals surface area contributed by atoms with Gasteiger partial charge in [-0.05, 0) is 40.2 Å². The van der Waals surface area contributed by atoms with E-state index in [4.69, 9.17) is 4.74 Å². The maximum atomic E-state index is 12.0. The fourth-order valence-corrected chi connectivity index (χ4v) is 1.75. The second-order valence-electron chi connectivity index (χ2n) is 5.28. The predicted octanol–water partition coefficient (Wildman–Crippen LogP) is 2.79. The van der Waals surface area contributed by atoms with Crippen LogP contribution in [0.3, 0.4) is 0 Å². The first kappa shape index (κ1) is 14.7. The molecule has 0 aliphatic carbocycles. The van der Waals surface area contributed by atoms with Gasteiger partial charge in [0.1, 0.15) is 5.60 Å². The molecule has 0 spiro atoms. The number of hydrogen-bond acceptors (Lipinski definition) is 3. The van der Waals surface area contributed by atoms with E-state index in [2.05, 4.69) is 0 Å². The summed E-state index contributed by atoms with van der Waals surface area (Å²) in [5.41, 5.74) is -0.444. The Morgan fingerprint density at radius 1 is 1.22 bits per heavy atom. The third kappa shape index (κ3) is 2.56. The van der Waals surface area contributed by atoms with Crippen molar-refractivity contribution in [1.29, 1.82) is 0 Å². The van der Waals surface area contributed by atoms with Crippen LogP contribution in [0, 0.1) is 12.3 Å². The number of carbonyl (C=O) groups excluding carboxylic acids is 1. The molecule has 0 aromatic heterocycles. The number of carbonyl (C=O) groups is 1. The number of ether oxygens (including phenoxy) is 1. The molecular formula is C15H22O3. The number of aryl methyl sites for hydroxylation is 1. The second kappa shape index (κ2) is 5.11. The van der Waals surface area contributed by atoms with Gasteiger partial charge in [0, 0.05) is 0 Å². The van der Waals surface area contributed by atoms with Crippen LogP contribution in [0.25, 0.3) is 0 Å². The molecule has 1 aromatic rings. The summed E-state index contributed by atoms with van der Waals surface area (Å²) in [4.78, 5) is 12.0. The lowest BCUT2D eigenvalue weighted by Gasteiger charge is -2.38. The molecule has 0 amide bonds. The monoisotopic (exact) mass is 250 g/mol. The van der Waals surface area contributed by atoms with Crippen LogP contribution in [-0.4, -0.2) is 17.7 Å². The number of benzene rings is 1. The Labute approximate surface area is 109 Å². The maximum absolute atomic E-state index is 12.0. The molecule has 0 fully saturated rings. The summed E-state index contributed by atoms with van der Waals surface area (Å²) in [6.45, 7) is 9.10. The van der Waals surface area contributed by atoms with Crippen LogP contribution in [-0.2, 0) is 15.1 Å². The Balaban J connectivity index is 3.11. The molecule has 0 aliphatic rings. The minimum Gasteiger partial charge on any atom is -0.465 e. The highest BCUT2D eigenvalue weighted by molar-refractivity contribution is 5.77. The summed E-state index contributed by atoms with van der Waals surface area (Å²) >= 11 is 0. The van der Waals surface area contributed by atoms with Crippen LogP contribution in [0.15, 0.2) is 24.3 Å². The lowest BCUT2D eigenvalue weighted by Crippen LogP contribution is -2.46. The third-order valence-electron chi connectivity index (χ3n) is 3.62. The van der Waals surface area contributed by atoms with E-state index in [1.165, 1.54) is 0 Å². The van der Waals surface area contributed by atoms with Crippen LogP contribution >= 0.6 is 0 Å². The lowest BCUT2D eigenvalue weighted by atomic mass is 9.72. The normalized spacial score (nSPS) is 15.0. The van der Waals surface area contributed by atoms with Gasteiger partial charge >= 0.3 is 5.97 Å². The zero-order chi connectivity index (χ0) is 14.0. The first-order valence-electron chi connectivity index (χ1n) is 6.20. The van der Waals surface area contributed by atoms with Gasteiger partial charge in [-0.15, -0.1) is 0 Å². The lowest BCUT2D eigenvalue weighted by molar-refractivity contribution is -0.170. The number of hydrogen-bond donors (Lipinski definition) is 1. The number of aliphatic hydroxyl groups is 1. The Bertz CT molecular complexity index is 416. The van der Waals surface area contributed by atoms with Crippen molar-refractivity contribution in [2.24, 2.45) is 5.41 Å². The van der Waals surface area contributed by atoms with Crippen molar-refractivity contribution >= 4 is 5.97 Å². The zero-order valence-corrected chi connectivity index (χ0v) is 11.8. The molecule has 1 N–H and O–H groups in total. The summed E-state index contributed by atoms with van der Waals surface area (Å²) in [6.07, 6.45) is 0. The highest BCUT2D eigenvalue weighted by Crippen LogP contribution is 2.40. The summed E-state index contributed by atoms with van der Waals surface area (Å²) < 4.78 is 5.04. The highest BCUT2D eigenvalue weighted by Gasteiger charge is 2.47. The summed E-state index contributed by atoms with van der Waals surface area (Å²) in [6, 6.07) is 7.53. The van der Waals surface area contributed by atoms with Crippen LogP contribution in [0.1, 0.15) is 38.8 Å². The van der Waals surface area contributed by atoms with Gasteiger partial charge in [0.05, 0.1) is 12.0 Å². The quantitative estimate of drug-likeness (QED) is 0.836. The van der Waals surface area contributed by atoms with Gasteiger partial charge in [0.2, 0.25) is 0 Å². The van der Waals surface area contributed by atoms with E-state index in [1.807, 2.05) is 31.2 Å². The van der Waals surface area contributed by atoms with E-state index in [0.717, 1.165) is 5.56 Å². The van der Waals surface area contributed by atoms with Gasteiger partial charge in [0.25, 0.3) is 0 Å². The SMILES string of the molecule is CCOC(=O)C(C)(C)C(C)(O)c1ccc(C)cc1. The topological polar surface area (TPSA) is 46.5 Å². The molecule has 0 radical (unpaired) electrons. The standard InChI is InChI=1S/C15H22O3/c1-6-18-13(16)14(3,4)15(5,17)12-9-7-11(2)8-10-12/h7-10,17H,6H2,1-5H3. The zero-order valence-electron chi connectivity index (χ0n) is 11.8. The Morgan fingerprint density at radius 3 is 2.17 bits per heavy atom. The number of esters is 1. The van der Waals surface area contributed by atoms with Gasteiger partial charge in [0.15, 0.2) is 0 Å². The third-order valence-corrected chi connectivity index (χ3v) is 3.62.